The Kier molecular flexibility index (Phi) is 4.17. The van der Waals surface area contributed by atoms with Crippen molar-refractivity contribution in [3.8, 4) is 0 Å². The first-order valence-corrected chi connectivity index (χ1v) is 7.64. The molecule has 2 fully saturated rings. The molecule has 2 aliphatic rings. The third-order valence-electron chi connectivity index (χ3n) is 5.39. The predicted molar refractivity (Wildman–Crippen MR) is 82.5 cm³/mol. The second-order valence-electron chi connectivity index (χ2n) is 7.35. The SMILES string of the molecule is C=C(NC(=O)[C@H]1N(C(=O)O)[C@@H]2CC[C@@]1(C(C)(C)C)C2)C(=O)OC. The summed E-state index contributed by atoms with van der Waals surface area (Å²) in [6.07, 6.45) is 1.09. The van der Waals surface area contributed by atoms with Crippen LogP contribution in [0.5, 0.6) is 0 Å². The van der Waals surface area contributed by atoms with Crippen LogP contribution in [0, 0.1) is 10.8 Å². The molecule has 0 aromatic heterocycles. The lowest BCUT2D eigenvalue weighted by molar-refractivity contribution is -0.139. The molecule has 0 aromatic carbocycles. The molecule has 2 N–H and O–H groups in total. The molecule has 1 aliphatic heterocycles. The van der Waals surface area contributed by atoms with Gasteiger partial charge in [0.25, 0.3) is 0 Å². The molecule has 1 saturated heterocycles. The highest BCUT2D eigenvalue weighted by atomic mass is 16.5. The van der Waals surface area contributed by atoms with Crippen molar-refractivity contribution < 1.29 is 24.2 Å². The highest BCUT2D eigenvalue weighted by molar-refractivity contribution is 5.96. The number of ether oxygens (including phenoxy) is 1. The summed E-state index contributed by atoms with van der Waals surface area (Å²) in [5.41, 5.74) is -0.883. The fourth-order valence-corrected chi connectivity index (χ4v) is 4.14. The third kappa shape index (κ3) is 2.58. The van der Waals surface area contributed by atoms with Gasteiger partial charge in [0.05, 0.1) is 7.11 Å². The van der Waals surface area contributed by atoms with Crippen molar-refractivity contribution in [2.45, 2.75) is 52.1 Å². The Morgan fingerprint density at radius 2 is 1.96 bits per heavy atom. The van der Waals surface area contributed by atoms with E-state index in [4.69, 9.17) is 0 Å². The van der Waals surface area contributed by atoms with Crippen LogP contribution in [0.15, 0.2) is 12.3 Å². The Hall–Kier alpha value is -2.05. The van der Waals surface area contributed by atoms with E-state index in [1.165, 1.54) is 12.0 Å². The van der Waals surface area contributed by atoms with E-state index in [2.05, 4.69) is 16.6 Å². The number of esters is 1. The molecule has 3 atom stereocenters. The second-order valence-corrected chi connectivity index (χ2v) is 7.35. The van der Waals surface area contributed by atoms with Crippen LogP contribution in [0.1, 0.15) is 40.0 Å². The van der Waals surface area contributed by atoms with Crippen molar-refractivity contribution >= 4 is 18.0 Å². The van der Waals surface area contributed by atoms with Gasteiger partial charge in [-0.2, -0.15) is 0 Å². The van der Waals surface area contributed by atoms with E-state index in [-0.39, 0.29) is 17.2 Å². The Morgan fingerprint density at radius 3 is 2.43 bits per heavy atom. The number of nitrogens with one attached hydrogen (secondary N) is 1. The maximum absolute atomic E-state index is 12.7. The fraction of sp³-hybridized carbons (Fsp3) is 0.688. The van der Waals surface area contributed by atoms with Crippen LogP contribution in [0.4, 0.5) is 4.79 Å². The number of rotatable bonds is 3. The molecule has 2 bridgehead atoms. The summed E-state index contributed by atoms with van der Waals surface area (Å²) in [4.78, 5) is 37.1. The van der Waals surface area contributed by atoms with Crippen LogP contribution >= 0.6 is 0 Å². The number of hydrogen-bond donors (Lipinski definition) is 2. The van der Waals surface area contributed by atoms with Gasteiger partial charge in [-0.25, -0.2) is 9.59 Å². The number of carbonyl (C=O) groups is 3. The normalized spacial score (nSPS) is 29.3. The Bertz CT molecular complexity index is 565. The summed E-state index contributed by atoms with van der Waals surface area (Å²) in [6, 6.07) is -0.992. The van der Waals surface area contributed by atoms with Gasteiger partial charge in [-0.05, 0) is 24.7 Å². The number of fused-ring (bicyclic) bond motifs is 2. The van der Waals surface area contributed by atoms with Gasteiger partial charge in [0.15, 0.2) is 0 Å². The van der Waals surface area contributed by atoms with Crippen LogP contribution in [0.25, 0.3) is 0 Å². The van der Waals surface area contributed by atoms with Crippen molar-refractivity contribution in [3.05, 3.63) is 12.3 Å². The average molecular weight is 324 g/mol. The zero-order chi connectivity index (χ0) is 17.6. The first-order chi connectivity index (χ1) is 10.5. The molecule has 1 aliphatic carbocycles. The highest BCUT2D eigenvalue weighted by Gasteiger charge is 2.65. The minimum Gasteiger partial charge on any atom is -0.465 e. The summed E-state index contributed by atoms with van der Waals surface area (Å²) >= 11 is 0. The third-order valence-corrected chi connectivity index (χ3v) is 5.39. The summed E-state index contributed by atoms with van der Waals surface area (Å²) in [5, 5.41) is 12.0. The van der Waals surface area contributed by atoms with E-state index < -0.39 is 29.4 Å². The molecule has 2 amide bonds. The van der Waals surface area contributed by atoms with E-state index >= 15 is 0 Å². The number of amides is 2. The van der Waals surface area contributed by atoms with E-state index in [9.17, 15) is 19.5 Å². The number of carbonyl (C=O) groups excluding carboxylic acids is 2. The lowest BCUT2D eigenvalue weighted by atomic mass is 9.61. The molecule has 7 nitrogen and oxygen atoms in total. The van der Waals surface area contributed by atoms with Crippen LogP contribution in [-0.2, 0) is 14.3 Å². The van der Waals surface area contributed by atoms with E-state index in [0.29, 0.717) is 6.42 Å². The Labute approximate surface area is 135 Å². The standard InChI is InChI=1S/C16H24N2O5/c1-9(13(20)23-5)17-12(19)11-16(15(2,3)4)7-6-10(8-16)18(11)14(21)22/h10-11H,1,6-8H2,2-5H3,(H,17,19)(H,21,22)/t10-,11-,16-/m1/s1. The summed E-state index contributed by atoms with van der Waals surface area (Å²) in [5.74, 6) is -1.26. The van der Waals surface area contributed by atoms with Crippen molar-refractivity contribution in [1.82, 2.24) is 10.2 Å². The monoisotopic (exact) mass is 324 g/mol. The molecular weight excluding hydrogens is 300 g/mol. The Balaban J connectivity index is 2.35. The first-order valence-electron chi connectivity index (χ1n) is 7.64. The summed E-state index contributed by atoms with van der Waals surface area (Å²) in [7, 11) is 1.19. The minimum absolute atomic E-state index is 0.158. The topological polar surface area (TPSA) is 95.9 Å². The lowest BCUT2D eigenvalue weighted by Gasteiger charge is -2.47. The molecular formula is C16H24N2O5. The molecule has 128 valence electrons. The molecule has 0 radical (unpaired) electrons. The number of carboxylic acid groups (broad SMARTS) is 1. The van der Waals surface area contributed by atoms with Gasteiger partial charge in [-0.3, -0.25) is 9.69 Å². The smallest absolute Gasteiger partial charge is 0.408 e. The van der Waals surface area contributed by atoms with Crippen LogP contribution < -0.4 is 5.32 Å². The number of nitrogens with zero attached hydrogens (tertiary/aromatic N) is 1. The maximum Gasteiger partial charge on any atom is 0.408 e. The number of piperidine rings is 1. The highest BCUT2D eigenvalue weighted by Crippen LogP contribution is 2.61. The molecule has 7 heteroatoms. The van der Waals surface area contributed by atoms with Crippen LogP contribution in [0.3, 0.4) is 0 Å². The molecule has 1 heterocycles. The zero-order valence-corrected chi connectivity index (χ0v) is 14.0. The minimum atomic E-state index is -1.11. The summed E-state index contributed by atoms with van der Waals surface area (Å²) < 4.78 is 4.52. The van der Waals surface area contributed by atoms with E-state index in [0.717, 1.165) is 12.8 Å². The Morgan fingerprint density at radius 1 is 1.35 bits per heavy atom. The largest absolute Gasteiger partial charge is 0.465 e. The van der Waals surface area contributed by atoms with Crippen LogP contribution in [0.2, 0.25) is 0 Å². The van der Waals surface area contributed by atoms with Gasteiger partial charge in [-0.15, -0.1) is 0 Å². The second kappa shape index (κ2) is 5.54. The molecule has 0 unspecified atom stereocenters. The zero-order valence-electron chi connectivity index (χ0n) is 14.0. The molecule has 23 heavy (non-hydrogen) atoms. The number of methoxy groups -OCH3 is 1. The quantitative estimate of drug-likeness (QED) is 0.609. The average Bonchev–Trinajstić information content (AvgIpc) is 3.02. The van der Waals surface area contributed by atoms with E-state index in [1.807, 2.05) is 20.8 Å². The van der Waals surface area contributed by atoms with Crippen LogP contribution in [-0.4, -0.2) is 47.2 Å². The molecule has 0 spiro atoms. The molecule has 1 saturated carbocycles. The number of hydrogen-bond acceptors (Lipinski definition) is 4. The van der Waals surface area contributed by atoms with Crippen molar-refractivity contribution in [2.75, 3.05) is 7.11 Å². The predicted octanol–water partition coefficient (Wildman–Crippen LogP) is 1.74. The van der Waals surface area contributed by atoms with Gasteiger partial charge in [0, 0.05) is 11.5 Å². The summed E-state index contributed by atoms with van der Waals surface area (Å²) in [6.45, 7) is 9.55. The van der Waals surface area contributed by atoms with Gasteiger partial charge in [0.1, 0.15) is 11.7 Å². The van der Waals surface area contributed by atoms with Gasteiger partial charge in [-0.1, -0.05) is 27.4 Å². The maximum atomic E-state index is 12.7. The number of likely N-dealkylation sites (tertiary alicyclic amines) is 1. The van der Waals surface area contributed by atoms with Crippen molar-refractivity contribution in [1.29, 1.82) is 0 Å². The van der Waals surface area contributed by atoms with Crippen molar-refractivity contribution in [2.24, 2.45) is 10.8 Å². The van der Waals surface area contributed by atoms with Gasteiger partial charge >= 0.3 is 12.1 Å². The molecule has 2 rings (SSSR count). The first kappa shape index (κ1) is 17.3. The van der Waals surface area contributed by atoms with Gasteiger partial charge in [0.2, 0.25) is 5.91 Å². The molecule has 0 aromatic rings. The fourth-order valence-electron chi connectivity index (χ4n) is 4.14. The lowest BCUT2D eigenvalue weighted by Crippen LogP contribution is -2.59. The van der Waals surface area contributed by atoms with Gasteiger partial charge < -0.3 is 15.2 Å². The van der Waals surface area contributed by atoms with Crippen molar-refractivity contribution in [3.63, 3.8) is 0 Å². The van der Waals surface area contributed by atoms with E-state index in [1.54, 1.807) is 0 Å².